The largest absolute Gasteiger partial charge is 0.395 e. The lowest BCUT2D eigenvalue weighted by Gasteiger charge is -2.38. The number of benzene rings is 1. The van der Waals surface area contributed by atoms with Crippen molar-refractivity contribution >= 4 is 5.91 Å². The summed E-state index contributed by atoms with van der Waals surface area (Å²) in [6.45, 7) is 5.39. The normalized spacial score (nSPS) is 16.8. The molecule has 0 bridgehead atoms. The predicted molar refractivity (Wildman–Crippen MR) is 94.4 cm³/mol. The molecule has 2 heterocycles. The van der Waals surface area contributed by atoms with Crippen LogP contribution in [0, 0.1) is 0 Å². The molecule has 0 saturated carbocycles. The van der Waals surface area contributed by atoms with Crippen molar-refractivity contribution in [3.8, 4) is 5.69 Å². The standard InChI is InChI=1S/C18H25N5O2/c1-2-16(12-24)21-7-9-22(10-8-21)18(25)11-15-3-5-17(6-4-15)23-13-19-20-14-23/h3-6,13-14,16,24H,2,7-12H2,1H3. The summed E-state index contributed by atoms with van der Waals surface area (Å²) in [7, 11) is 0. The summed E-state index contributed by atoms with van der Waals surface area (Å²) in [5, 5.41) is 17.0. The van der Waals surface area contributed by atoms with Crippen LogP contribution in [0.15, 0.2) is 36.9 Å². The molecular weight excluding hydrogens is 318 g/mol. The van der Waals surface area contributed by atoms with E-state index in [2.05, 4.69) is 22.0 Å². The molecule has 1 aliphatic heterocycles. The van der Waals surface area contributed by atoms with Gasteiger partial charge in [0.2, 0.25) is 5.91 Å². The second-order valence-corrected chi connectivity index (χ2v) is 6.37. The van der Waals surface area contributed by atoms with Gasteiger partial charge in [-0.15, -0.1) is 10.2 Å². The first-order valence-corrected chi connectivity index (χ1v) is 8.78. The molecule has 1 atom stereocenters. The van der Waals surface area contributed by atoms with E-state index in [4.69, 9.17) is 0 Å². The van der Waals surface area contributed by atoms with Crippen molar-refractivity contribution in [2.75, 3.05) is 32.8 Å². The van der Waals surface area contributed by atoms with Crippen LogP contribution >= 0.6 is 0 Å². The van der Waals surface area contributed by atoms with Gasteiger partial charge >= 0.3 is 0 Å². The zero-order chi connectivity index (χ0) is 17.6. The highest BCUT2D eigenvalue weighted by Gasteiger charge is 2.24. The zero-order valence-electron chi connectivity index (χ0n) is 14.6. The molecule has 1 aromatic heterocycles. The Morgan fingerprint density at radius 3 is 2.32 bits per heavy atom. The Hall–Kier alpha value is -2.25. The molecule has 0 spiro atoms. The van der Waals surface area contributed by atoms with Gasteiger partial charge in [0.25, 0.3) is 0 Å². The SMILES string of the molecule is CCC(CO)N1CCN(C(=O)Cc2ccc(-n3cnnc3)cc2)CC1. The molecule has 0 aliphatic carbocycles. The van der Waals surface area contributed by atoms with Crippen molar-refractivity contribution in [3.63, 3.8) is 0 Å². The summed E-state index contributed by atoms with van der Waals surface area (Å²) in [5.74, 6) is 0.161. The molecule has 2 aromatic rings. The molecule has 1 unspecified atom stereocenters. The van der Waals surface area contributed by atoms with Gasteiger partial charge in [0.1, 0.15) is 12.7 Å². The van der Waals surface area contributed by atoms with E-state index in [0.29, 0.717) is 6.42 Å². The number of nitrogens with zero attached hydrogens (tertiary/aromatic N) is 5. The summed E-state index contributed by atoms with van der Waals surface area (Å²) in [5.41, 5.74) is 1.98. The van der Waals surface area contributed by atoms with Crippen LogP contribution in [0.5, 0.6) is 0 Å². The first-order chi connectivity index (χ1) is 12.2. The van der Waals surface area contributed by atoms with Crippen LogP contribution in [0.25, 0.3) is 5.69 Å². The van der Waals surface area contributed by atoms with E-state index < -0.39 is 0 Å². The van der Waals surface area contributed by atoms with Crippen LogP contribution < -0.4 is 0 Å². The summed E-state index contributed by atoms with van der Waals surface area (Å²) in [6.07, 6.45) is 4.65. The van der Waals surface area contributed by atoms with Gasteiger partial charge in [0.05, 0.1) is 13.0 Å². The van der Waals surface area contributed by atoms with Crippen molar-refractivity contribution in [1.82, 2.24) is 24.6 Å². The second kappa shape index (κ2) is 8.22. The van der Waals surface area contributed by atoms with Gasteiger partial charge in [-0.3, -0.25) is 14.3 Å². The molecule has 0 radical (unpaired) electrons. The minimum atomic E-state index is 0.161. The van der Waals surface area contributed by atoms with E-state index in [-0.39, 0.29) is 18.6 Å². The third-order valence-electron chi connectivity index (χ3n) is 4.87. The van der Waals surface area contributed by atoms with Gasteiger partial charge in [0.15, 0.2) is 0 Å². The van der Waals surface area contributed by atoms with Crippen molar-refractivity contribution in [3.05, 3.63) is 42.5 Å². The average molecular weight is 343 g/mol. The molecule has 25 heavy (non-hydrogen) atoms. The number of carbonyl (C=O) groups excluding carboxylic acids is 1. The Bertz CT molecular complexity index is 659. The van der Waals surface area contributed by atoms with Gasteiger partial charge in [-0.1, -0.05) is 19.1 Å². The van der Waals surface area contributed by atoms with E-state index >= 15 is 0 Å². The number of aromatic nitrogens is 3. The van der Waals surface area contributed by atoms with Crippen molar-refractivity contribution in [1.29, 1.82) is 0 Å². The maximum Gasteiger partial charge on any atom is 0.227 e. The maximum absolute atomic E-state index is 12.5. The van der Waals surface area contributed by atoms with Gasteiger partial charge in [-0.2, -0.15) is 0 Å². The van der Waals surface area contributed by atoms with Crippen LogP contribution in [-0.4, -0.2) is 74.4 Å². The summed E-state index contributed by atoms with van der Waals surface area (Å²) in [6, 6.07) is 8.10. The van der Waals surface area contributed by atoms with Crippen LogP contribution in [0.4, 0.5) is 0 Å². The van der Waals surface area contributed by atoms with Gasteiger partial charge < -0.3 is 10.0 Å². The maximum atomic E-state index is 12.5. The minimum Gasteiger partial charge on any atom is -0.395 e. The van der Waals surface area contributed by atoms with Crippen molar-refractivity contribution < 1.29 is 9.90 Å². The van der Waals surface area contributed by atoms with Crippen LogP contribution in [0.2, 0.25) is 0 Å². The molecule has 1 aromatic carbocycles. The number of hydrogen-bond acceptors (Lipinski definition) is 5. The molecule has 1 aliphatic rings. The fourth-order valence-electron chi connectivity index (χ4n) is 3.25. The number of amides is 1. The summed E-state index contributed by atoms with van der Waals surface area (Å²) < 4.78 is 1.83. The number of hydrogen-bond donors (Lipinski definition) is 1. The first kappa shape index (κ1) is 17.6. The van der Waals surface area contributed by atoms with E-state index in [1.54, 1.807) is 12.7 Å². The van der Waals surface area contributed by atoms with Crippen molar-refractivity contribution in [2.45, 2.75) is 25.8 Å². The molecule has 1 saturated heterocycles. The highest BCUT2D eigenvalue weighted by molar-refractivity contribution is 5.79. The van der Waals surface area contributed by atoms with E-state index in [1.807, 2.05) is 33.7 Å². The van der Waals surface area contributed by atoms with Crippen molar-refractivity contribution in [2.24, 2.45) is 0 Å². The number of carbonyl (C=O) groups is 1. The Balaban J connectivity index is 1.53. The monoisotopic (exact) mass is 343 g/mol. The highest BCUT2D eigenvalue weighted by Crippen LogP contribution is 2.13. The molecule has 3 rings (SSSR count). The smallest absolute Gasteiger partial charge is 0.227 e. The molecule has 1 N–H and O–H groups in total. The molecular formula is C18H25N5O2. The second-order valence-electron chi connectivity index (χ2n) is 6.37. The molecule has 7 nitrogen and oxygen atoms in total. The predicted octanol–water partition coefficient (Wildman–Crippen LogP) is 0.725. The zero-order valence-corrected chi connectivity index (χ0v) is 14.6. The molecule has 1 amide bonds. The highest BCUT2D eigenvalue weighted by atomic mass is 16.3. The fourth-order valence-corrected chi connectivity index (χ4v) is 3.25. The Labute approximate surface area is 147 Å². The third kappa shape index (κ3) is 4.24. The lowest BCUT2D eigenvalue weighted by Crippen LogP contribution is -2.53. The molecule has 1 fully saturated rings. The summed E-state index contributed by atoms with van der Waals surface area (Å²) in [4.78, 5) is 16.7. The quantitative estimate of drug-likeness (QED) is 0.837. The minimum absolute atomic E-state index is 0.161. The Morgan fingerprint density at radius 2 is 1.76 bits per heavy atom. The summed E-state index contributed by atoms with van der Waals surface area (Å²) >= 11 is 0. The fraction of sp³-hybridized carbons (Fsp3) is 0.500. The number of piperazine rings is 1. The van der Waals surface area contributed by atoms with Gasteiger partial charge in [-0.25, -0.2) is 0 Å². The number of rotatable bonds is 6. The van der Waals surface area contributed by atoms with Crippen LogP contribution in [0.3, 0.4) is 0 Å². The number of aliphatic hydroxyl groups is 1. The van der Waals surface area contributed by atoms with Gasteiger partial charge in [0, 0.05) is 37.9 Å². The average Bonchev–Trinajstić information content (AvgIpc) is 3.18. The lowest BCUT2D eigenvalue weighted by molar-refractivity contribution is -0.132. The lowest BCUT2D eigenvalue weighted by atomic mass is 10.1. The Morgan fingerprint density at radius 1 is 1.12 bits per heavy atom. The van der Waals surface area contributed by atoms with Crippen LogP contribution in [-0.2, 0) is 11.2 Å². The Kier molecular flexibility index (Phi) is 5.78. The van der Waals surface area contributed by atoms with Crippen LogP contribution in [0.1, 0.15) is 18.9 Å². The van der Waals surface area contributed by atoms with Gasteiger partial charge in [-0.05, 0) is 24.1 Å². The molecule has 134 valence electrons. The topological polar surface area (TPSA) is 74.5 Å². The van der Waals surface area contributed by atoms with E-state index in [1.165, 1.54) is 0 Å². The third-order valence-corrected chi connectivity index (χ3v) is 4.87. The first-order valence-electron chi connectivity index (χ1n) is 8.78. The van der Waals surface area contributed by atoms with E-state index in [0.717, 1.165) is 43.9 Å². The number of aliphatic hydroxyl groups excluding tert-OH is 1. The molecule has 7 heteroatoms. The van der Waals surface area contributed by atoms with E-state index in [9.17, 15) is 9.90 Å².